The van der Waals surface area contributed by atoms with E-state index in [0.29, 0.717) is 11.3 Å². The van der Waals surface area contributed by atoms with Gasteiger partial charge in [0.2, 0.25) is 0 Å². The lowest BCUT2D eigenvalue weighted by Gasteiger charge is -2.04. The lowest BCUT2D eigenvalue weighted by Crippen LogP contribution is -2.17. The van der Waals surface area contributed by atoms with Crippen molar-refractivity contribution < 1.29 is 4.79 Å². The number of nitrogens with zero attached hydrogens (tertiary/aromatic N) is 2. The molecule has 2 heterocycles. The number of nitriles is 1. The number of aromatic amines is 1. The number of hydrogen-bond donors (Lipinski definition) is 2. The van der Waals surface area contributed by atoms with Gasteiger partial charge in [-0.15, -0.1) is 0 Å². The number of rotatable bonds is 2. The van der Waals surface area contributed by atoms with Crippen molar-refractivity contribution in [3.05, 3.63) is 54.0 Å². The second-order valence-electron chi connectivity index (χ2n) is 4.60. The average molecular weight is 276 g/mol. The summed E-state index contributed by atoms with van der Waals surface area (Å²) in [6.45, 7) is 0. The fraction of sp³-hybridized carbons (Fsp3) is 0.0625. The molecule has 0 aliphatic carbocycles. The van der Waals surface area contributed by atoms with Crippen LogP contribution in [0.3, 0.4) is 0 Å². The van der Waals surface area contributed by atoms with E-state index in [2.05, 4.69) is 21.4 Å². The van der Waals surface area contributed by atoms with Gasteiger partial charge in [-0.2, -0.15) is 5.26 Å². The highest BCUT2D eigenvalue weighted by molar-refractivity contribution is 6.02. The largest absolute Gasteiger partial charge is 0.354 e. The Morgan fingerprint density at radius 2 is 2.05 bits per heavy atom. The van der Waals surface area contributed by atoms with Crippen molar-refractivity contribution in [1.29, 1.82) is 5.26 Å². The molecular weight excluding hydrogens is 264 g/mol. The summed E-state index contributed by atoms with van der Waals surface area (Å²) in [7, 11) is 1.58. The van der Waals surface area contributed by atoms with Crippen LogP contribution in [-0.2, 0) is 0 Å². The molecule has 0 radical (unpaired) electrons. The summed E-state index contributed by atoms with van der Waals surface area (Å²) in [4.78, 5) is 18.9. The van der Waals surface area contributed by atoms with E-state index in [-0.39, 0.29) is 5.91 Å². The normalized spacial score (nSPS) is 10.3. The van der Waals surface area contributed by atoms with Gasteiger partial charge in [-0.1, -0.05) is 0 Å². The predicted octanol–water partition coefficient (Wildman–Crippen LogP) is 2.46. The van der Waals surface area contributed by atoms with Crippen molar-refractivity contribution in [2.45, 2.75) is 0 Å². The smallest absolute Gasteiger partial charge is 0.267 e. The van der Waals surface area contributed by atoms with Crippen molar-refractivity contribution in [2.75, 3.05) is 7.05 Å². The van der Waals surface area contributed by atoms with Gasteiger partial charge in [0.05, 0.1) is 17.1 Å². The molecule has 0 aliphatic rings. The molecule has 2 N–H and O–H groups in total. The molecule has 0 fully saturated rings. The van der Waals surface area contributed by atoms with Crippen molar-refractivity contribution in [1.82, 2.24) is 15.3 Å². The number of carbonyl (C=O) groups is 1. The fourth-order valence-electron chi connectivity index (χ4n) is 2.32. The molecule has 3 aromatic rings. The summed E-state index contributed by atoms with van der Waals surface area (Å²) in [5.41, 5.74) is 3.67. The molecule has 3 rings (SSSR count). The number of amides is 1. The van der Waals surface area contributed by atoms with Gasteiger partial charge in [-0.05, 0) is 35.9 Å². The molecule has 2 aromatic heterocycles. The Morgan fingerprint density at radius 1 is 1.29 bits per heavy atom. The zero-order valence-electron chi connectivity index (χ0n) is 11.3. The number of nitrogens with one attached hydrogen (secondary N) is 2. The minimum atomic E-state index is -0.189. The number of aromatic nitrogens is 2. The van der Waals surface area contributed by atoms with Crippen molar-refractivity contribution in [3.63, 3.8) is 0 Å². The Labute approximate surface area is 121 Å². The van der Waals surface area contributed by atoms with Gasteiger partial charge in [-0.3, -0.25) is 9.78 Å². The molecule has 102 valence electrons. The van der Waals surface area contributed by atoms with E-state index in [1.54, 1.807) is 31.6 Å². The van der Waals surface area contributed by atoms with Gasteiger partial charge in [0, 0.05) is 30.4 Å². The van der Waals surface area contributed by atoms with Crippen LogP contribution in [0.25, 0.3) is 22.0 Å². The minimum absolute atomic E-state index is 0.189. The molecule has 0 unspecified atom stereocenters. The van der Waals surface area contributed by atoms with Crippen LogP contribution in [0, 0.1) is 11.3 Å². The Bertz CT molecular complexity index is 859. The van der Waals surface area contributed by atoms with Crippen molar-refractivity contribution in [2.24, 2.45) is 0 Å². The predicted molar refractivity (Wildman–Crippen MR) is 79.6 cm³/mol. The summed E-state index contributed by atoms with van der Waals surface area (Å²) in [6.07, 6.45) is 3.39. The first-order chi connectivity index (χ1) is 10.2. The highest BCUT2D eigenvalue weighted by Crippen LogP contribution is 2.30. The van der Waals surface area contributed by atoms with Gasteiger partial charge >= 0.3 is 0 Å². The van der Waals surface area contributed by atoms with E-state index >= 15 is 0 Å². The monoisotopic (exact) mass is 276 g/mol. The zero-order valence-corrected chi connectivity index (χ0v) is 11.3. The minimum Gasteiger partial charge on any atom is -0.354 e. The standard InChI is InChI=1S/C16H12N4O/c1-18-16(21)14-8-12-6-10(9-17)7-13(15(12)20-14)11-2-4-19-5-3-11/h2-8,20H,1H3,(H,18,21). The number of fused-ring (bicyclic) bond motifs is 1. The third kappa shape index (κ3) is 2.23. The number of benzene rings is 1. The average Bonchev–Trinajstić information content (AvgIpc) is 2.97. The van der Waals surface area contributed by atoms with Crippen LogP contribution in [0.5, 0.6) is 0 Å². The molecule has 0 saturated heterocycles. The summed E-state index contributed by atoms with van der Waals surface area (Å²) < 4.78 is 0. The number of pyridine rings is 1. The molecule has 0 saturated carbocycles. The molecule has 1 aromatic carbocycles. The van der Waals surface area contributed by atoms with E-state index in [1.807, 2.05) is 18.2 Å². The maximum Gasteiger partial charge on any atom is 0.267 e. The molecule has 5 heteroatoms. The molecule has 0 aliphatic heterocycles. The maximum atomic E-state index is 11.8. The van der Waals surface area contributed by atoms with Crippen molar-refractivity contribution in [3.8, 4) is 17.2 Å². The van der Waals surface area contributed by atoms with E-state index in [0.717, 1.165) is 22.0 Å². The molecule has 0 atom stereocenters. The third-order valence-electron chi connectivity index (χ3n) is 3.32. The zero-order chi connectivity index (χ0) is 14.8. The topological polar surface area (TPSA) is 81.6 Å². The van der Waals surface area contributed by atoms with Crippen LogP contribution in [0.4, 0.5) is 0 Å². The fourth-order valence-corrected chi connectivity index (χ4v) is 2.32. The van der Waals surface area contributed by atoms with Gasteiger partial charge in [0.15, 0.2) is 0 Å². The van der Waals surface area contributed by atoms with Gasteiger partial charge in [-0.25, -0.2) is 0 Å². The van der Waals surface area contributed by atoms with Crippen LogP contribution in [-0.4, -0.2) is 22.9 Å². The van der Waals surface area contributed by atoms with Crippen molar-refractivity contribution >= 4 is 16.8 Å². The van der Waals surface area contributed by atoms with Crippen LogP contribution >= 0.6 is 0 Å². The van der Waals surface area contributed by atoms with Gasteiger partial charge < -0.3 is 10.3 Å². The molecule has 0 spiro atoms. The highest BCUT2D eigenvalue weighted by Gasteiger charge is 2.13. The Balaban J connectivity index is 2.30. The SMILES string of the molecule is CNC(=O)c1cc2cc(C#N)cc(-c3ccncc3)c2[nH]1. The Morgan fingerprint density at radius 3 is 2.71 bits per heavy atom. The van der Waals surface area contributed by atoms with E-state index in [1.165, 1.54) is 0 Å². The van der Waals surface area contributed by atoms with Gasteiger partial charge in [0.1, 0.15) is 5.69 Å². The third-order valence-corrected chi connectivity index (χ3v) is 3.32. The lowest BCUT2D eigenvalue weighted by atomic mass is 10.0. The quantitative estimate of drug-likeness (QED) is 0.754. The molecule has 21 heavy (non-hydrogen) atoms. The number of carbonyl (C=O) groups excluding carboxylic acids is 1. The van der Waals surface area contributed by atoms with Crippen LogP contribution in [0.1, 0.15) is 16.1 Å². The first kappa shape index (κ1) is 12.9. The molecule has 5 nitrogen and oxygen atoms in total. The number of hydrogen-bond acceptors (Lipinski definition) is 3. The van der Waals surface area contributed by atoms with E-state index in [9.17, 15) is 10.1 Å². The molecule has 1 amide bonds. The highest BCUT2D eigenvalue weighted by atomic mass is 16.1. The number of H-pyrrole nitrogens is 1. The second kappa shape index (κ2) is 5.10. The second-order valence-corrected chi connectivity index (χ2v) is 4.60. The van der Waals surface area contributed by atoms with Crippen LogP contribution < -0.4 is 5.32 Å². The lowest BCUT2D eigenvalue weighted by molar-refractivity contribution is 0.0959. The van der Waals surface area contributed by atoms with Gasteiger partial charge in [0.25, 0.3) is 5.91 Å². The summed E-state index contributed by atoms with van der Waals surface area (Å²) in [5.74, 6) is -0.189. The van der Waals surface area contributed by atoms with E-state index in [4.69, 9.17) is 0 Å². The van der Waals surface area contributed by atoms with Crippen LogP contribution in [0.2, 0.25) is 0 Å². The first-order valence-electron chi connectivity index (χ1n) is 6.42. The molecular formula is C16H12N4O. The molecule has 0 bridgehead atoms. The van der Waals surface area contributed by atoms with E-state index < -0.39 is 0 Å². The Hall–Kier alpha value is -3.13. The summed E-state index contributed by atoms with van der Waals surface area (Å²) >= 11 is 0. The first-order valence-corrected chi connectivity index (χ1v) is 6.42. The summed E-state index contributed by atoms with van der Waals surface area (Å²) in [6, 6.07) is 11.2. The maximum absolute atomic E-state index is 11.8. The Kier molecular flexibility index (Phi) is 3.13. The summed E-state index contributed by atoms with van der Waals surface area (Å²) in [5, 5.41) is 12.6. The van der Waals surface area contributed by atoms with Crippen LogP contribution in [0.15, 0.2) is 42.7 Å².